The number of nitrogens with one attached hydrogen (secondary N) is 7. The van der Waals surface area contributed by atoms with E-state index < -0.39 is 60.3 Å². The van der Waals surface area contributed by atoms with Gasteiger partial charge in [-0.25, -0.2) is 14.4 Å². The molecule has 1 aliphatic heterocycles. The van der Waals surface area contributed by atoms with Crippen molar-refractivity contribution in [3.05, 3.63) is 83.4 Å². The third kappa shape index (κ3) is 17.3. The van der Waals surface area contributed by atoms with Gasteiger partial charge in [0.1, 0.15) is 18.1 Å². The molecule has 3 aromatic carbocycles. The van der Waals surface area contributed by atoms with E-state index in [0.29, 0.717) is 12.0 Å². The fourth-order valence-electron chi connectivity index (χ4n) is 6.85. The molecule has 1 heterocycles. The highest BCUT2D eigenvalue weighted by Gasteiger charge is 2.26. The van der Waals surface area contributed by atoms with Gasteiger partial charge in [0.25, 0.3) is 5.91 Å². The van der Waals surface area contributed by atoms with Gasteiger partial charge >= 0.3 is 23.9 Å². The number of amides is 4. The third-order valence-electron chi connectivity index (χ3n) is 10.2. The van der Waals surface area contributed by atoms with Crippen molar-refractivity contribution in [1.82, 2.24) is 42.1 Å². The lowest BCUT2D eigenvalue weighted by molar-refractivity contribution is -0.140. The standard InChI is InChI=1S/C43H60N8O9/c52-38(53)17-16-36(42(58)59)50-43(60)49-35(41(56)57)9-3-4-21-47-40(55)37(28-31-12-13-32-7-1-2-8-34(32)27-31)48-39(54)33-14-10-30(11-15-33)29-51-25-6-20-45-23-22-44-18-5-19-46-24-26-51/h1-2,7-8,10-15,27,35-37,44-46H,3-6,9,16-26,28-29H2,(H,47,55)(H,48,54)(H,52,53)(H,56,57)(H,58,59)(H2,49,50,60)/t35-,36-,37-/m0/s1. The van der Waals surface area contributed by atoms with Crippen molar-refractivity contribution in [2.75, 3.05) is 58.9 Å². The molecule has 1 fully saturated rings. The molecular formula is C43H60N8O9. The maximum atomic E-state index is 13.6. The second-order valence-electron chi connectivity index (χ2n) is 15.0. The molecule has 1 saturated heterocycles. The third-order valence-corrected chi connectivity index (χ3v) is 10.2. The molecular weight excluding hydrogens is 773 g/mol. The molecule has 10 N–H and O–H groups in total. The summed E-state index contributed by atoms with van der Waals surface area (Å²) in [6.07, 6.45) is 2.03. The molecule has 1 aliphatic rings. The van der Waals surface area contributed by atoms with Gasteiger partial charge in [-0.05, 0) is 98.7 Å². The summed E-state index contributed by atoms with van der Waals surface area (Å²) in [6.45, 7) is 8.44. The quantitative estimate of drug-likeness (QED) is 0.0777. The molecule has 0 bridgehead atoms. The summed E-state index contributed by atoms with van der Waals surface area (Å²) in [5.41, 5.74) is 2.35. The van der Waals surface area contributed by atoms with Crippen LogP contribution in [0.5, 0.6) is 0 Å². The number of nitrogens with zero attached hydrogens (tertiary/aromatic N) is 1. The zero-order chi connectivity index (χ0) is 43.1. The highest BCUT2D eigenvalue weighted by molar-refractivity contribution is 5.97. The Morgan fingerprint density at radius 2 is 1.27 bits per heavy atom. The topological polar surface area (TPSA) is 251 Å². The summed E-state index contributed by atoms with van der Waals surface area (Å²) in [5.74, 6) is -4.84. The fraction of sp³-hybridized carbons (Fsp3) is 0.488. The number of urea groups is 1. The second kappa shape index (κ2) is 25.8. The largest absolute Gasteiger partial charge is 0.481 e. The van der Waals surface area contributed by atoms with Gasteiger partial charge in [0.15, 0.2) is 0 Å². The zero-order valence-corrected chi connectivity index (χ0v) is 34.0. The monoisotopic (exact) mass is 832 g/mol. The predicted molar refractivity (Wildman–Crippen MR) is 227 cm³/mol. The smallest absolute Gasteiger partial charge is 0.326 e. The van der Waals surface area contributed by atoms with Crippen LogP contribution in [0, 0.1) is 0 Å². The van der Waals surface area contributed by atoms with Gasteiger partial charge in [-0.3, -0.25) is 19.3 Å². The van der Waals surface area contributed by atoms with Crippen molar-refractivity contribution in [2.45, 2.75) is 76.0 Å². The van der Waals surface area contributed by atoms with E-state index in [4.69, 9.17) is 5.11 Å². The van der Waals surface area contributed by atoms with Crippen LogP contribution in [0.1, 0.15) is 66.4 Å². The maximum Gasteiger partial charge on any atom is 0.326 e. The van der Waals surface area contributed by atoms with Crippen LogP contribution in [0.2, 0.25) is 0 Å². The van der Waals surface area contributed by atoms with Crippen molar-refractivity contribution >= 4 is 46.5 Å². The van der Waals surface area contributed by atoms with E-state index in [1.807, 2.05) is 54.6 Å². The number of carboxylic acid groups (broad SMARTS) is 3. The van der Waals surface area contributed by atoms with Crippen LogP contribution in [0.15, 0.2) is 66.7 Å². The Hall–Kier alpha value is -5.62. The summed E-state index contributed by atoms with van der Waals surface area (Å²) >= 11 is 0. The fourth-order valence-corrected chi connectivity index (χ4v) is 6.85. The Labute approximate surface area is 350 Å². The van der Waals surface area contributed by atoms with E-state index in [-0.39, 0.29) is 32.2 Å². The first-order valence-electron chi connectivity index (χ1n) is 20.7. The van der Waals surface area contributed by atoms with Gasteiger partial charge in [-0.2, -0.15) is 0 Å². The van der Waals surface area contributed by atoms with Crippen molar-refractivity contribution in [2.24, 2.45) is 0 Å². The number of benzene rings is 3. The Morgan fingerprint density at radius 1 is 0.633 bits per heavy atom. The molecule has 0 aliphatic carbocycles. The van der Waals surface area contributed by atoms with Crippen LogP contribution < -0.4 is 37.2 Å². The predicted octanol–water partition coefficient (Wildman–Crippen LogP) is 1.90. The number of hydrogen-bond acceptors (Lipinski definition) is 10. The van der Waals surface area contributed by atoms with Crippen LogP contribution in [0.3, 0.4) is 0 Å². The molecule has 17 nitrogen and oxygen atoms in total. The molecule has 0 radical (unpaired) electrons. The molecule has 0 spiro atoms. The number of unbranched alkanes of at least 4 members (excludes halogenated alkanes) is 1. The number of carboxylic acids is 3. The molecule has 4 rings (SSSR count). The van der Waals surface area contributed by atoms with Crippen LogP contribution >= 0.6 is 0 Å². The first kappa shape index (κ1) is 47.1. The van der Waals surface area contributed by atoms with Gasteiger partial charge in [-0.15, -0.1) is 0 Å². The summed E-state index contributed by atoms with van der Waals surface area (Å²) < 4.78 is 0. The minimum absolute atomic E-state index is 0.0253. The Bertz CT molecular complexity index is 1850. The van der Waals surface area contributed by atoms with Crippen molar-refractivity contribution in [3.63, 3.8) is 0 Å². The average molecular weight is 833 g/mol. The van der Waals surface area contributed by atoms with Gasteiger partial charge in [-0.1, -0.05) is 54.6 Å². The molecule has 0 aromatic heterocycles. The minimum Gasteiger partial charge on any atom is -0.481 e. The number of aliphatic carboxylic acids is 3. The summed E-state index contributed by atoms with van der Waals surface area (Å²) in [6, 6.07) is 16.3. The van der Waals surface area contributed by atoms with Gasteiger partial charge in [0.2, 0.25) is 5.91 Å². The number of carbonyl (C=O) groups is 6. The van der Waals surface area contributed by atoms with Gasteiger partial charge < -0.3 is 52.5 Å². The maximum absolute atomic E-state index is 13.6. The number of fused-ring (bicyclic) bond motifs is 1. The molecule has 4 amide bonds. The number of hydrogen-bond donors (Lipinski definition) is 10. The first-order chi connectivity index (χ1) is 29.0. The van der Waals surface area contributed by atoms with Crippen LogP contribution in [-0.4, -0.2) is 133 Å². The molecule has 3 aromatic rings. The Balaban J connectivity index is 1.33. The highest BCUT2D eigenvalue weighted by Crippen LogP contribution is 2.17. The highest BCUT2D eigenvalue weighted by atomic mass is 16.4. The minimum atomic E-state index is -1.51. The van der Waals surface area contributed by atoms with Crippen molar-refractivity contribution in [1.29, 1.82) is 0 Å². The van der Waals surface area contributed by atoms with E-state index in [9.17, 15) is 39.0 Å². The number of rotatable bonds is 19. The van der Waals surface area contributed by atoms with Crippen LogP contribution in [0.25, 0.3) is 10.8 Å². The Kier molecular flexibility index (Phi) is 20.2. The normalized spacial score (nSPS) is 16.0. The van der Waals surface area contributed by atoms with E-state index in [0.717, 1.165) is 93.6 Å². The lowest BCUT2D eigenvalue weighted by Gasteiger charge is -2.23. The first-order valence-corrected chi connectivity index (χ1v) is 20.7. The van der Waals surface area contributed by atoms with E-state index >= 15 is 0 Å². The summed E-state index contributed by atoms with van der Waals surface area (Å²) in [7, 11) is 0. The van der Waals surface area contributed by atoms with Gasteiger partial charge in [0, 0.05) is 57.7 Å². The van der Waals surface area contributed by atoms with Crippen LogP contribution in [-0.2, 0) is 32.1 Å². The summed E-state index contributed by atoms with van der Waals surface area (Å²) in [4.78, 5) is 76.1. The van der Waals surface area contributed by atoms with Crippen molar-refractivity contribution in [3.8, 4) is 0 Å². The molecule has 326 valence electrons. The average Bonchev–Trinajstić information content (AvgIpc) is 3.22. The zero-order valence-electron chi connectivity index (χ0n) is 34.0. The van der Waals surface area contributed by atoms with E-state index in [1.165, 1.54) is 0 Å². The molecule has 3 atom stereocenters. The van der Waals surface area contributed by atoms with E-state index in [1.54, 1.807) is 12.1 Å². The van der Waals surface area contributed by atoms with Crippen molar-refractivity contribution < 1.29 is 44.1 Å². The Morgan fingerprint density at radius 3 is 1.95 bits per heavy atom. The molecule has 0 unspecified atom stereocenters. The second-order valence-corrected chi connectivity index (χ2v) is 15.0. The molecule has 60 heavy (non-hydrogen) atoms. The van der Waals surface area contributed by atoms with E-state index in [2.05, 4.69) is 42.1 Å². The lowest BCUT2D eigenvalue weighted by Crippen LogP contribution is -2.51. The number of carbonyl (C=O) groups excluding carboxylic acids is 3. The van der Waals surface area contributed by atoms with Gasteiger partial charge in [0.05, 0.1) is 0 Å². The van der Waals surface area contributed by atoms with Crippen LogP contribution in [0.4, 0.5) is 4.79 Å². The summed E-state index contributed by atoms with van der Waals surface area (Å²) in [5, 5.41) is 50.4. The lowest BCUT2D eigenvalue weighted by atomic mass is 10.0. The molecule has 0 saturated carbocycles. The SMILES string of the molecule is O=C(O)CC[C@H](NC(=O)N[C@@H](CCCCNC(=O)[C@H](Cc1ccc2ccccc2c1)NC(=O)c1ccc(CN2CCCNCCNCCCNCC2)cc1)C(=O)O)C(=O)O. The molecule has 17 heteroatoms.